The molecule has 0 aromatic carbocycles. The molecule has 1 aliphatic rings. The van der Waals surface area contributed by atoms with Crippen molar-refractivity contribution in [2.45, 2.75) is 58.4 Å². The summed E-state index contributed by atoms with van der Waals surface area (Å²) in [5, 5.41) is 2.29. The fourth-order valence-corrected chi connectivity index (χ4v) is 2.54. The van der Waals surface area contributed by atoms with E-state index in [-0.39, 0.29) is 12.3 Å². The minimum Gasteiger partial charge on any atom is -0.383 e. The van der Waals surface area contributed by atoms with Crippen LogP contribution in [0.5, 0.6) is 0 Å². The third-order valence-corrected chi connectivity index (χ3v) is 3.50. The molecule has 1 fully saturated rings. The minimum atomic E-state index is -0.177. The first-order chi connectivity index (χ1) is 9.26. The Morgan fingerprint density at radius 1 is 1.21 bits per heavy atom. The van der Waals surface area contributed by atoms with Crippen LogP contribution in [0.4, 0.5) is 0 Å². The van der Waals surface area contributed by atoms with Crippen molar-refractivity contribution in [3.63, 3.8) is 0 Å². The number of ether oxygens (including phenoxy) is 3. The van der Waals surface area contributed by atoms with E-state index in [0.29, 0.717) is 19.3 Å². The summed E-state index contributed by atoms with van der Waals surface area (Å²) in [5.41, 5.74) is 3.57. The topological polar surface area (TPSA) is 43.0 Å². The van der Waals surface area contributed by atoms with Gasteiger partial charge in [0.1, 0.15) is 0 Å². The van der Waals surface area contributed by atoms with E-state index < -0.39 is 0 Å². The van der Waals surface area contributed by atoms with E-state index in [1.807, 2.05) is 13.8 Å². The maximum Gasteiger partial charge on any atom is 0.173 e. The molecule has 2 atom stereocenters. The van der Waals surface area contributed by atoms with Crippen molar-refractivity contribution in [2.75, 3.05) is 33.5 Å². The largest absolute Gasteiger partial charge is 0.383 e. The predicted octanol–water partition coefficient (Wildman–Crippen LogP) is 1.78. The second-order valence-corrected chi connectivity index (χ2v) is 4.87. The number of hydrogen-bond acceptors (Lipinski definition) is 5. The Labute approximate surface area is 117 Å². The number of methoxy groups -OCH3 is 1. The van der Waals surface area contributed by atoms with Crippen LogP contribution in [-0.4, -0.2) is 56.9 Å². The normalized spacial score (nSPS) is 22.3. The Balaban J connectivity index is 2.53. The highest BCUT2D eigenvalue weighted by Gasteiger charge is 2.29. The van der Waals surface area contributed by atoms with Gasteiger partial charge in [-0.25, -0.2) is 10.4 Å². The molecule has 0 saturated carbocycles. The molecule has 0 spiro atoms. The van der Waals surface area contributed by atoms with E-state index in [9.17, 15) is 0 Å². The van der Waals surface area contributed by atoms with E-state index >= 15 is 0 Å². The van der Waals surface area contributed by atoms with Crippen LogP contribution < -0.4 is 5.43 Å². The zero-order chi connectivity index (χ0) is 14.1. The fraction of sp³-hybridized carbons (Fsp3) is 1.00. The molecule has 0 radical (unpaired) electrons. The first kappa shape index (κ1) is 16.9. The van der Waals surface area contributed by atoms with Crippen molar-refractivity contribution in [1.29, 1.82) is 0 Å². The first-order valence-corrected chi connectivity index (χ1v) is 7.51. The smallest absolute Gasteiger partial charge is 0.173 e. The SMILES string of the molecule is CCOC(OCC)[C@@H](CC)NN1CCC[C@H]1COC. The molecule has 0 aromatic heterocycles. The van der Waals surface area contributed by atoms with Gasteiger partial charge in [-0.15, -0.1) is 0 Å². The summed E-state index contributed by atoms with van der Waals surface area (Å²) in [5.74, 6) is 0. The number of rotatable bonds is 10. The van der Waals surface area contributed by atoms with Gasteiger partial charge < -0.3 is 14.2 Å². The Hall–Kier alpha value is -0.200. The average molecular weight is 274 g/mol. The van der Waals surface area contributed by atoms with Crippen LogP contribution in [0.25, 0.3) is 0 Å². The second kappa shape index (κ2) is 9.66. The lowest BCUT2D eigenvalue weighted by Gasteiger charge is -2.33. The van der Waals surface area contributed by atoms with Gasteiger partial charge in [0.25, 0.3) is 0 Å². The van der Waals surface area contributed by atoms with E-state index in [0.717, 1.165) is 19.6 Å². The van der Waals surface area contributed by atoms with Crippen molar-refractivity contribution >= 4 is 0 Å². The summed E-state index contributed by atoms with van der Waals surface area (Å²) in [6.07, 6.45) is 3.20. The first-order valence-electron chi connectivity index (χ1n) is 7.51. The van der Waals surface area contributed by atoms with E-state index in [4.69, 9.17) is 14.2 Å². The number of hydrogen-bond donors (Lipinski definition) is 1. The maximum absolute atomic E-state index is 5.70. The van der Waals surface area contributed by atoms with E-state index in [2.05, 4.69) is 17.4 Å². The number of nitrogens with zero attached hydrogens (tertiary/aromatic N) is 1. The number of hydrazine groups is 1. The summed E-state index contributed by atoms with van der Waals surface area (Å²) in [4.78, 5) is 0. The molecule has 19 heavy (non-hydrogen) atoms. The zero-order valence-electron chi connectivity index (χ0n) is 12.9. The van der Waals surface area contributed by atoms with E-state index in [1.54, 1.807) is 7.11 Å². The molecule has 0 aliphatic carbocycles. The van der Waals surface area contributed by atoms with E-state index in [1.165, 1.54) is 12.8 Å². The van der Waals surface area contributed by atoms with Crippen LogP contribution in [-0.2, 0) is 14.2 Å². The standard InChI is InChI=1S/C14H30N2O3/c1-5-13(14(18-6-2)19-7-3)15-16-10-8-9-12(16)11-17-4/h12-15H,5-11H2,1-4H3/t12-,13+/m0/s1. The van der Waals surface area contributed by atoms with Crippen molar-refractivity contribution < 1.29 is 14.2 Å². The average Bonchev–Trinajstić information content (AvgIpc) is 2.83. The molecule has 0 aromatic rings. The van der Waals surface area contributed by atoms with Gasteiger partial charge in [-0.2, -0.15) is 0 Å². The molecule has 0 amide bonds. The van der Waals surface area contributed by atoms with Crippen molar-refractivity contribution in [2.24, 2.45) is 0 Å². The molecular formula is C14H30N2O3. The van der Waals surface area contributed by atoms with Crippen LogP contribution in [0.15, 0.2) is 0 Å². The minimum absolute atomic E-state index is 0.177. The summed E-state index contributed by atoms with van der Waals surface area (Å²) in [7, 11) is 1.76. The van der Waals surface area contributed by atoms with Gasteiger partial charge in [0.2, 0.25) is 0 Å². The summed E-state index contributed by atoms with van der Waals surface area (Å²) >= 11 is 0. The Kier molecular flexibility index (Phi) is 8.57. The lowest BCUT2D eigenvalue weighted by atomic mass is 10.2. The molecule has 5 nitrogen and oxygen atoms in total. The molecule has 1 N–H and O–H groups in total. The van der Waals surface area contributed by atoms with Gasteiger partial charge in [0.15, 0.2) is 6.29 Å². The van der Waals surface area contributed by atoms with Crippen LogP contribution in [0.2, 0.25) is 0 Å². The molecule has 1 aliphatic heterocycles. The summed E-state index contributed by atoms with van der Waals surface area (Å²) in [6.45, 7) is 9.34. The lowest BCUT2D eigenvalue weighted by Crippen LogP contribution is -2.53. The van der Waals surface area contributed by atoms with Crippen LogP contribution in [0, 0.1) is 0 Å². The third-order valence-electron chi connectivity index (χ3n) is 3.50. The third kappa shape index (κ3) is 5.36. The van der Waals surface area contributed by atoms with Gasteiger partial charge in [-0.1, -0.05) is 6.92 Å². The molecule has 1 heterocycles. The van der Waals surface area contributed by atoms with Gasteiger partial charge in [0, 0.05) is 32.9 Å². The quantitative estimate of drug-likeness (QED) is 0.615. The summed E-state index contributed by atoms with van der Waals surface area (Å²) < 4.78 is 16.7. The maximum atomic E-state index is 5.70. The monoisotopic (exact) mass is 274 g/mol. The van der Waals surface area contributed by atoms with Gasteiger partial charge >= 0.3 is 0 Å². The molecule has 0 bridgehead atoms. The van der Waals surface area contributed by atoms with Crippen molar-refractivity contribution in [1.82, 2.24) is 10.4 Å². The van der Waals surface area contributed by atoms with Crippen LogP contribution in [0.1, 0.15) is 40.0 Å². The number of nitrogens with one attached hydrogen (secondary N) is 1. The van der Waals surface area contributed by atoms with Gasteiger partial charge in [-0.05, 0) is 33.1 Å². The van der Waals surface area contributed by atoms with Crippen molar-refractivity contribution in [3.8, 4) is 0 Å². The molecule has 1 saturated heterocycles. The highest BCUT2D eigenvalue weighted by molar-refractivity contribution is 4.79. The Morgan fingerprint density at radius 2 is 1.89 bits per heavy atom. The molecule has 5 heteroatoms. The van der Waals surface area contributed by atoms with Crippen LogP contribution in [0.3, 0.4) is 0 Å². The van der Waals surface area contributed by atoms with Gasteiger partial charge in [-0.3, -0.25) is 0 Å². The Bertz CT molecular complexity index is 223. The highest BCUT2D eigenvalue weighted by atomic mass is 16.7. The Morgan fingerprint density at radius 3 is 2.42 bits per heavy atom. The fourth-order valence-electron chi connectivity index (χ4n) is 2.54. The molecule has 1 rings (SSSR count). The second-order valence-electron chi connectivity index (χ2n) is 4.87. The van der Waals surface area contributed by atoms with Crippen LogP contribution >= 0.6 is 0 Å². The zero-order valence-corrected chi connectivity index (χ0v) is 12.9. The highest BCUT2D eigenvalue weighted by Crippen LogP contribution is 2.17. The lowest BCUT2D eigenvalue weighted by molar-refractivity contribution is -0.164. The van der Waals surface area contributed by atoms with Gasteiger partial charge in [0.05, 0.1) is 12.6 Å². The molecular weight excluding hydrogens is 244 g/mol. The molecule has 114 valence electrons. The summed E-state index contributed by atoms with van der Waals surface area (Å²) in [6, 6.07) is 0.653. The molecule has 0 unspecified atom stereocenters. The van der Waals surface area contributed by atoms with Crippen molar-refractivity contribution in [3.05, 3.63) is 0 Å². The predicted molar refractivity (Wildman–Crippen MR) is 75.9 cm³/mol.